The van der Waals surface area contributed by atoms with E-state index in [-0.39, 0.29) is 11.6 Å². The van der Waals surface area contributed by atoms with Gasteiger partial charge < -0.3 is 16.0 Å². The molecule has 0 aliphatic rings. The number of halogens is 3. The molecular formula is C17H27F3N4. The fourth-order valence-corrected chi connectivity index (χ4v) is 2.09. The fraction of sp³-hybridized carbons (Fsp3) is 0.588. The van der Waals surface area contributed by atoms with Gasteiger partial charge in [0.25, 0.3) is 0 Å². The number of hydrogen-bond donors (Lipinski definition) is 3. The van der Waals surface area contributed by atoms with E-state index in [9.17, 15) is 13.2 Å². The van der Waals surface area contributed by atoms with Crippen LogP contribution >= 0.6 is 0 Å². The molecule has 24 heavy (non-hydrogen) atoms. The molecule has 0 amide bonds. The summed E-state index contributed by atoms with van der Waals surface area (Å²) < 4.78 is 38.4. The van der Waals surface area contributed by atoms with Gasteiger partial charge in [0.2, 0.25) is 0 Å². The number of nitrogens with zero attached hydrogens (tertiary/aromatic N) is 1. The van der Waals surface area contributed by atoms with Crippen molar-refractivity contribution < 1.29 is 13.2 Å². The average Bonchev–Trinajstić information content (AvgIpc) is 2.48. The third kappa shape index (κ3) is 7.21. The summed E-state index contributed by atoms with van der Waals surface area (Å²) in [6, 6.07) is 5.02. The maximum absolute atomic E-state index is 12.8. The minimum absolute atomic E-state index is 0.0317. The molecule has 1 rings (SSSR count). The lowest BCUT2D eigenvalue weighted by atomic mass is 10.1. The third-order valence-electron chi connectivity index (χ3n) is 3.36. The van der Waals surface area contributed by atoms with Gasteiger partial charge in [-0.3, -0.25) is 4.99 Å². The van der Waals surface area contributed by atoms with E-state index in [1.807, 2.05) is 0 Å². The van der Waals surface area contributed by atoms with E-state index in [2.05, 4.69) is 41.7 Å². The number of nitrogens with one attached hydrogen (secondary N) is 3. The molecule has 0 aliphatic heterocycles. The van der Waals surface area contributed by atoms with Gasteiger partial charge in [0.05, 0.1) is 11.6 Å². The molecular weight excluding hydrogens is 317 g/mol. The molecule has 1 unspecified atom stereocenters. The van der Waals surface area contributed by atoms with Crippen molar-refractivity contribution in [2.75, 3.05) is 20.1 Å². The van der Waals surface area contributed by atoms with Gasteiger partial charge in [0.15, 0.2) is 5.96 Å². The van der Waals surface area contributed by atoms with Crippen LogP contribution < -0.4 is 16.0 Å². The molecule has 136 valence electrons. The highest BCUT2D eigenvalue weighted by molar-refractivity contribution is 5.80. The molecule has 1 aromatic rings. The van der Waals surface area contributed by atoms with E-state index < -0.39 is 11.7 Å². The molecule has 0 radical (unpaired) electrons. The van der Waals surface area contributed by atoms with Crippen molar-refractivity contribution in [3.8, 4) is 0 Å². The Bertz CT molecular complexity index is 548. The van der Waals surface area contributed by atoms with E-state index in [0.29, 0.717) is 18.1 Å². The van der Waals surface area contributed by atoms with Crippen LogP contribution in [0.25, 0.3) is 0 Å². The summed E-state index contributed by atoms with van der Waals surface area (Å²) in [6.07, 6.45) is -4.34. The smallest absolute Gasteiger partial charge is 0.355 e. The SMILES string of the molecule is CN=C(NCCNC(C)(C)C)NC(C)c1cccc(C(F)(F)F)c1. The molecule has 0 fully saturated rings. The Hall–Kier alpha value is -1.76. The summed E-state index contributed by atoms with van der Waals surface area (Å²) in [5.41, 5.74) is -0.0594. The molecule has 4 nitrogen and oxygen atoms in total. The predicted octanol–water partition coefficient (Wildman–Crippen LogP) is 3.32. The van der Waals surface area contributed by atoms with Gasteiger partial charge in [-0.05, 0) is 45.4 Å². The van der Waals surface area contributed by atoms with Gasteiger partial charge in [-0.25, -0.2) is 0 Å². The number of aliphatic imine (C=N–C) groups is 1. The zero-order valence-corrected chi connectivity index (χ0v) is 14.9. The summed E-state index contributed by atoms with van der Waals surface area (Å²) in [6.45, 7) is 9.45. The topological polar surface area (TPSA) is 48.5 Å². The first-order valence-corrected chi connectivity index (χ1v) is 7.92. The zero-order chi connectivity index (χ0) is 18.4. The summed E-state index contributed by atoms with van der Waals surface area (Å²) in [4.78, 5) is 4.10. The molecule has 1 aromatic carbocycles. The Balaban J connectivity index is 2.60. The standard InChI is InChI=1S/C17H27F3N4/c1-12(13-7-6-8-14(11-13)17(18,19)20)24-15(21-5)22-9-10-23-16(2,3)4/h6-8,11-12,23H,9-10H2,1-5H3,(H2,21,22,24). The second kappa shape index (κ2) is 8.37. The van der Waals surface area contributed by atoms with E-state index in [1.54, 1.807) is 20.0 Å². The molecule has 0 bridgehead atoms. The molecule has 3 N–H and O–H groups in total. The van der Waals surface area contributed by atoms with Crippen molar-refractivity contribution in [3.05, 3.63) is 35.4 Å². The Labute approximate surface area is 141 Å². The Morgan fingerprint density at radius 1 is 1.17 bits per heavy atom. The summed E-state index contributed by atoms with van der Waals surface area (Å²) in [5.74, 6) is 0.552. The number of alkyl halides is 3. The lowest BCUT2D eigenvalue weighted by molar-refractivity contribution is -0.137. The average molecular weight is 344 g/mol. The maximum atomic E-state index is 12.8. The quantitative estimate of drug-likeness (QED) is 0.436. The van der Waals surface area contributed by atoms with Crippen molar-refractivity contribution in [2.45, 2.75) is 45.5 Å². The lowest BCUT2D eigenvalue weighted by Crippen LogP contribution is -2.45. The monoisotopic (exact) mass is 344 g/mol. The second-order valence-corrected chi connectivity index (χ2v) is 6.67. The van der Waals surface area contributed by atoms with Crippen LogP contribution in [0.2, 0.25) is 0 Å². The van der Waals surface area contributed by atoms with Crippen LogP contribution in [0, 0.1) is 0 Å². The minimum Gasteiger partial charge on any atom is -0.355 e. The molecule has 0 saturated carbocycles. The van der Waals surface area contributed by atoms with Gasteiger partial charge in [0, 0.05) is 25.7 Å². The summed E-state index contributed by atoms with van der Waals surface area (Å²) >= 11 is 0. The largest absolute Gasteiger partial charge is 0.416 e. The van der Waals surface area contributed by atoms with Gasteiger partial charge in [0.1, 0.15) is 0 Å². The fourth-order valence-electron chi connectivity index (χ4n) is 2.09. The highest BCUT2D eigenvalue weighted by atomic mass is 19.4. The van der Waals surface area contributed by atoms with Crippen LogP contribution in [-0.2, 0) is 6.18 Å². The van der Waals surface area contributed by atoms with Gasteiger partial charge in [-0.15, -0.1) is 0 Å². The first kappa shape index (κ1) is 20.3. The van der Waals surface area contributed by atoms with Crippen LogP contribution in [0.4, 0.5) is 13.2 Å². The first-order valence-electron chi connectivity index (χ1n) is 7.92. The number of hydrogen-bond acceptors (Lipinski definition) is 2. The van der Waals surface area contributed by atoms with Gasteiger partial charge in [-0.1, -0.05) is 12.1 Å². The second-order valence-electron chi connectivity index (χ2n) is 6.67. The van der Waals surface area contributed by atoms with Crippen LogP contribution in [0.3, 0.4) is 0 Å². The van der Waals surface area contributed by atoms with Crippen LogP contribution in [-0.4, -0.2) is 31.6 Å². The van der Waals surface area contributed by atoms with Crippen molar-refractivity contribution in [2.24, 2.45) is 4.99 Å². The van der Waals surface area contributed by atoms with E-state index >= 15 is 0 Å². The summed E-state index contributed by atoms with van der Waals surface area (Å²) in [7, 11) is 1.63. The number of benzene rings is 1. The van der Waals surface area contributed by atoms with Crippen molar-refractivity contribution in [1.82, 2.24) is 16.0 Å². The minimum atomic E-state index is -4.34. The van der Waals surface area contributed by atoms with Crippen LogP contribution in [0.15, 0.2) is 29.3 Å². The Morgan fingerprint density at radius 3 is 2.38 bits per heavy atom. The summed E-state index contributed by atoms with van der Waals surface area (Å²) in [5, 5.41) is 9.58. The molecule has 7 heteroatoms. The molecule has 0 aliphatic carbocycles. The highest BCUT2D eigenvalue weighted by Gasteiger charge is 2.30. The van der Waals surface area contributed by atoms with Crippen LogP contribution in [0.1, 0.15) is 44.9 Å². The van der Waals surface area contributed by atoms with Crippen LogP contribution in [0.5, 0.6) is 0 Å². The Kier molecular flexibility index (Phi) is 7.08. The van der Waals surface area contributed by atoms with Gasteiger partial charge >= 0.3 is 6.18 Å². The maximum Gasteiger partial charge on any atom is 0.416 e. The Morgan fingerprint density at radius 2 is 1.83 bits per heavy atom. The molecule has 0 aromatic heterocycles. The van der Waals surface area contributed by atoms with Crippen molar-refractivity contribution in [1.29, 1.82) is 0 Å². The lowest BCUT2D eigenvalue weighted by Gasteiger charge is -2.22. The normalized spacial score (nSPS) is 14.4. The predicted molar refractivity (Wildman–Crippen MR) is 92.1 cm³/mol. The van der Waals surface area contributed by atoms with Gasteiger partial charge in [-0.2, -0.15) is 13.2 Å². The van der Waals surface area contributed by atoms with Crippen molar-refractivity contribution in [3.63, 3.8) is 0 Å². The number of rotatable bonds is 5. The molecule has 0 saturated heterocycles. The molecule has 0 heterocycles. The number of guanidine groups is 1. The molecule has 1 atom stereocenters. The zero-order valence-electron chi connectivity index (χ0n) is 14.9. The van der Waals surface area contributed by atoms with E-state index in [1.165, 1.54) is 6.07 Å². The van der Waals surface area contributed by atoms with E-state index in [0.717, 1.165) is 18.7 Å². The highest BCUT2D eigenvalue weighted by Crippen LogP contribution is 2.30. The first-order chi connectivity index (χ1) is 11.0. The van der Waals surface area contributed by atoms with E-state index in [4.69, 9.17) is 0 Å². The molecule has 0 spiro atoms. The van der Waals surface area contributed by atoms with Crippen molar-refractivity contribution >= 4 is 5.96 Å². The third-order valence-corrected chi connectivity index (χ3v) is 3.36.